The average Bonchev–Trinajstić information content (AvgIpc) is 2.33. The molecule has 0 radical (unpaired) electrons. The van der Waals surface area contributed by atoms with E-state index in [0.717, 1.165) is 10.6 Å². The van der Waals surface area contributed by atoms with Gasteiger partial charge < -0.3 is 4.18 Å². The Hall–Kier alpha value is -0.900. The molecule has 0 aliphatic carbocycles. The van der Waals surface area contributed by atoms with Crippen molar-refractivity contribution < 1.29 is 4.18 Å². The molecular formula is C13H11ClOS2. The van der Waals surface area contributed by atoms with E-state index in [2.05, 4.69) is 0 Å². The second kappa shape index (κ2) is 5.63. The molecule has 88 valence electrons. The molecule has 0 fully saturated rings. The molecule has 2 rings (SSSR count). The van der Waals surface area contributed by atoms with E-state index in [0.29, 0.717) is 5.02 Å². The molecule has 1 nitrogen and oxygen atoms in total. The predicted molar refractivity (Wildman–Crippen MR) is 76.3 cm³/mol. The molecule has 2 aromatic rings. The molecule has 2 aromatic carbocycles. The van der Waals surface area contributed by atoms with Crippen molar-refractivity contribution in [3.63, 3.8) is 0 Å². The second-order valence-corrected chi connectivity index (χ2v) is 6.04. The van der Waals surface area contributed by atoms with Crippen LogP contribution in [0.3, 0.4) is 0 Å². The Kier molecular flexibility index (Phi) is 4.15. The zero-order chi connectivity index (χ0) is 12.3. The summed E-state index contributed by atoms with van der Waals surface area (Å²) in [5, 5.41) is 0.692. The molecule has 0 amide bonds. The van der Waals surface area contributed by atoms with Gasteiger partial charge in [-0.3, -0.25) is 0 Å². The van der Waals surface area contributed by atoms with E-state index in [4.69, 9.17) is 27.0 Å². The lowest BCUT2D eigenvalue weighted by molar-refractivity contribution is 0.639. The first-order valence-electron chi connectivity index (χ1n) is 5.07. The summed E-state index contributed by atoms with van der Waals surface area (Å²) in [5.41, 5.74) is 1.22. The van der Waals surface area contributed by atoms with Gasteiger partial charge in [-0.05, 0) is 54.5 Å². The summed E-state index contributed by atoms with van der Waals surface area (Å²) in [4.78, 5) is 1.01. The molecule has 0 aromatic heterocycles. The van der Waals surface area contributed by atoms with Crippen molar-refractivity contribution in [3.05, 3.63) is 59.1 Å². The van der Waals surface area contributed by atoms with Crippen LogP contribution in [0.25, 0.3) is 0 Å². The van der Waals surface area contributed by atoms with Gasteiger partial charge in [0.25, 0.3) is 0 Å². The van der Waals surface area contributed by atoms with Crippen molar-refractivity contribution in [3.8, 4) is 5.75 Å². The third-order valence-corrected chi connectivity index (χ3v) is 4.23. The molecule has 0 saturated carbocycles. The number of aryl methyl sites for hydroxylation is 1. The summed E-state index contributed by atoms with van der Waals surface area (Å²) in [5.74, 6) is 0.744. The molecule has 0 aliphatic heterocycles. The second-order valence-electron chi connectivity index (χ2n) is 3.59. The molecule has 17 heavy (non-hydrogen) atoms. The molecule has 0 aliphatic rings. The van der Waals surface area contributed by atoms with Gasteiger partial charge in [0, 0.05) is 9.92 Å². The van der Waals surface area contributed by atoms with E-state index in [9.17, 15) is 0 Å². The Morgan fingerprint density at radius 3 is 2.18 bits per heavy atom. The van der Waals surface area contributed by atoms with Crippen LogP contribution in [0.1, 0.15) is 5.56 Å². The summed E-state index contributed by atoms with van der Waals surface area (Å²) >= 11 is 11.1. The fraction of sp³-hybridized carbons (Fsp3) is 0.0769. The number of benzene rings is 2. The largest absolute Gasteiger partial charge is 0.419 e. The Morgan fingerprint density at radius 1 is 1.00 bits per heavy atom. The lowest BCUT2D eigenvalue weighted by Crippen LogP contribution is -1.99. The van der Waals surface area contributed by atoms with Gasteiger partial charge in [0.2, 0.25) is 0 Å². The van der Waals surface area contributed by atoms with Gasteiger partial charge in [0.1, 0.15) is 5.75 Å². The highest BCUT2D eigenvalue weighted by Crippen LogP contribution is 2.19. The molecule has 0 saturated heterocycles. The third kappa shape index (κ3) is 3.53. The van der Waals surface area contributed by atoms with E-state index in [1.807, 2.05) is 43.3 Å². The normalized spacial score (nSPS) is 12.1. The fourth-order valence-corrected chi connectivity index (χ4v) is 2.71. The van der Waals surface area contributed by atoms with Crippen molar-refractivity contribution in [1.29, 1.82) is 0 Å². The number of halogens is 1. The minimum absolute atomic E-state index is 0.659. The zero-order valence-electron chi connectivity index (χ0n) is 9.22. The first-order valence-corrected chi connectivity index (χ1v) is 7.53. The Morgan fingerprint density at radius 2 is 1.59 bits per heavy atom. The Bertz CT molecular complexity index is 520. The van der Waals surface area contributed by atoms with Crippen molar-refractivity contribution in [2.45, 2.75) is 11.8 Å². The maximum atomic E-state index is 5.80. The molecule has 0 spiro atoms. The summed E-state index contributed by atoms with van der Waals surface area (Å²) < 4.78 is 5.68. The van der Waals surface area contributed by atoms with E-state index < -0.39 is 9.74 Å². The average molecular weight is 283 g/mol. The quantitative estimate of drug-likeness (QED) is 0.839. The molecule has 0 bridgehead atoms. The van der Waals surface area contributed by atoms with Gasteiger partial charge in [-0.15, -0.1) is 0 Å². The van der Waals surface area contributed by atoms with Crippen LogP contribution in [0.15, 0.2) is 53.4 Å². The molecule has 1 unspecified atom stereocenters. The first-order chi connectivity index (χ1) is 8.15. The minimum atomic E-state index is -0.659. The van der Waals surface area contributed by atoms with Crippen LogP contribution in [0, 0.1) is 6.92 Å². The SMILES string of the molecule is Cc1ccc(S(=S)Oc2ccc(Cl)cc2)cc1. The predicted octanol–water partition coefficient (Wildman–Crippen LogP) is 4.08. The van der Waals surface area contributed by atoms with Crippen LogP contribution in [-0.2, 0) is 20.9 Å². The molecule has 0 N–H and O–H groups in total. The van der Waals surface area contributed by atoms with Crippen molar-refractivity contribution in [2.24, 2.45) is 0 Å². The van der Waals surface area contributed by atoms with Crippen LogP contribution in [-0.4, -0.2) is 0 Å². The Labute approximate surface area is 113 Å². The van der Waals surface area contributed by atoms with Crippen LogP contribution >= 0.6 is 11.6 Å². The van der Waals surface area contributed by atoms with E-state index in [1.165, 1.54) is 5.56 Å². The zero-order valence-corrected chi connectivity index (χ0v) is 11.6. The number of hydrogen-bond acceptors (Lipinski definition) is 2. The molecule has 4 heteroatoms. The van der Waals surface area contributed by atoms with Crippen molar-refractivity contribution >= 4 is 32.5 Å². The van der Waals surface area contributed by atoms with E-state index in [-0.39, 0.29) is 0 Å². The maximum Gasteiger partial charge on any atom is 0.138 e. The smallest absolute Gasteiger partial charge is 0.138 e. The van der Waals surface area contributed by atoms with Gasteiger partial charge in [-0.25, -0.2) is 0 Å². The lowest BCUT2D eigenvalue weighted by Gasteiger charge is -2.08. The number of hydrogen-bond donors (Lipinski definition) is 0. The highest BCUT2D eigenvalue weighted by Gasteiger charge is 2.02. The monoisotopic (exact) mass is 282 g/mol. The highest BCUT2D eigenvalue weighted by molar-refractivity contribution is 8.26. The fourth-order valence-electron chi connectivity index (χ4n) is 1.28. The van der Waals surface area contributed by atoms with Crippen molar-refractivity contribution in [2.75, 3.05) is 0 Å². The third-order valence-electron chi connectivity index (χ3n) is 2.20. The van der Waals surface area contributed by atoms with Crippen LogP contribution in [0.5, 0.6) is 5.75 Å². The molecular weight excluding hydrogens is 272 g/mol. The van der Waals surface area contributed by atoms with Crippen LogP contribution < -0.4 is 4.18 Å². The highest BCUT2D eigenvalue weighted by atomic mass is 35.5. The lowest BCUT2D eigenvalue weighted by atomic mass is 10.2. The topological polar surface area (TPSA) is 9.23 Å². The molecule has 0 heterocycles. The first kappa shape index (κ1) is 12.6. The summed E-state index contributed by atoms with van der Waals surface area (Å²) in [7, 11) is -0.659. The van der Waals surface area contributed by atoms with Gasteiger partial charge in [-0.2, -0.15) is 0 Å². The van der Waals surface area contributed by atoms with Gasteiger partial charge in [0.05, 0.1) is 9.74 Å². The summed E-state index contributed by atoms with van der Waals surface area (Å²) in [6, 6.07) is 15.3. The van der Waals surface area contributed by atoms with Crippen LogP contribution in [0.2, 0.25) is 5.02 Å². The van der Waals surface area contributed by atoms with E-state index >= 15 is 0 Å². The summed E-state index contributed by atoms with van der Waals surface area (Å²) in [6.07, 6.45) is 0. The van der Waals surface area contributed by atoms with Gasteiger partial charge in [-0.1, -0.05) is 29.3 Å². The minimum Gasteiger partial charge on any atom is -0.419 e. The van der Waals surface area contributed by atoms with Gasteiger partial charge >= 0.3 is 0 Å². The standard InChI is InChI=1S/C13H11ClOS2/c1-10-2-8-13(9-3-10)17(16)15-12-6-4-11(14)5-7-12/h2-9H,1H3. The summed E-state index contributed by atoms with van der Waals surface area (Å²) in [6.45, 7) is 2.05. The van der Waals surface area contributed by atoms with Crippen LogP contribution in [0.4, 0.5) is 0 Å². The van der Waals surface area contributed by atoms with Crippen molar-refractivity contribution in [1.82, 2.24) is 0 Å². The molecule has 1 atom stereocenters. The van der Waals surface area contributed by atoms with Gasteiger partial charge in [0.15, 0.2) is 0 Å². The Balaban J connectivity index is 2.11. The van der Waals surface area contributed by atoms with E-state index in [1.54, 1.807) is 12.1 Å². The maximum absolute atomic E-state index is 5.80. The number of rotatable bonds is 3.